The predicted molar refractivity (Wildman–Crippen MR) is 112 cm³/mol. The zero-order valence-electron chi connectivity index (χ0n) is 15.9. The lowest BCUT2D eigenvalue weighted by Crippen LogP contribution is -2.27. The standard InChI is InChI=1S/C23H20N2O5/c26-14-16-6-4-10-19(12-16)24-21(27)15-30-20-11-5-9-18(13-20)22(25-23(28)29)17-7-2-1-3-8-17/h1-14,22,25H,15H2,(H,24,27)(H,28,29)/t22-/m0/s1. The Morgan fingerprint density at radius 1 is 0.933 bits per heavy atom. The fraction of sp³-hybridized carbons (Fsp3) is 0.0870. The van der Waals surface area contributed by atoms with Crippen molar-refractivity contribution in [2.75, 3.05) is 11.9 Å². The molecule has 152 valence electrons. The maximum atomic E-state index is 12.2. The van der Waals surface area contributed by atoms with Gasteiger partial charge < -0.3 is 20.5 Å². The Balaban J connectivity index is 1.68. The van der Waals surface area contributed by atoms with Crippen LogP contribution in [0.3, 0.4) is 0 Å². The van der Waals surface area contributed by atoms with E-state index in [2.05, 4.69) is 10.6 Å². The van der Waals surface area contributed by atoms with Gasteiger partial charge in [0.15, 0.2) is 6.61 Å². The molecule has 2 amide bonds. The molecule has 0 heterocycles. The normalized spacial score (nSPS) is 11.2. The topological polar surface area (TPSA) is 105 Å². The van der Waals surface area contributed by atoms with E-state index in [1.165, 1.54) is 0 Å². The molecule has 7 heteroatoms. The maximum Gasteiger partial charge on any atom is 0.405 e. The average Bonchev–Trinajstić information content (AvgIpc) is 2.77. The van der Waals surface area contributed by atoms with E-state index in [4.69, 9.17) is 4.74 Å². The summed E-state index contributed by atoms with van der Waals surface area (Å²) in [5, 5.41) is 14.4. The van der Waals surface area contributed by atoms with Gasteiger partial charge in [0.25, 0.3) is 5.91 Å². The first-order chi connectivity index (χ1) is 14.5. The number of nitrogens with one attached hydrogen (secondary N) is 2. The Morgan fingerprint density at radius 3 is 2.40 bits per heavy atom. The van der Waals surface area contributed by atoms with Gasteiger partial charge in [-0.1, -0.05) is 54.6 Å². The number of hydrogen-bond acceptors (Lipinski definition) is 4. The molecule has 0 aromatic heterocycles. The molecule has 3 N–H and O–H groups in total. The Kier molecular flexibility index (Phi) is 6.78. The Bertz CT molecular complexity index is 1040. The van der Waals surface area contributed by atoms with E-state index in [1.807, 2.05) is 30.3 Å². The summed E-state index contributed by atoms with van der Waals surface area (Å²) < 4.78 is 5.57. The van der Waals surface area contributed by atoms with Crippen molar-refractivity contribution in [2.24, 2.45) is 0 Å². The summed E-state index contributed by atoms with van der Waals surface area (Å²) in [5.41, 5.74) is 2.42. The second kappa shape index (κ2) is 9.88. The lowest BCUT2D eigenvalue weighted by atomic mass is 9.99. The summed E-state index contributed by atoms with van der Waals surface area (Å²) >= 11 is 0. The number of hydrogen-bond donors (Lipinski definition) is 3. The van der Waals surface area contributed by atoms with Gasteiger partial charge in [-0.05, 0) is 35.4 Å². The number of aldehydes is 1. The smallest absolute Gasteiger partial charge is 0.405 e. The summed E-state index contributed by atoms with van der Waals surface area (Å²) in [5.74, 6) is 0.0455. The molecule has 0 aliphatic heterocycles. The van der Waals surface area contributed by atoms with Crippen LogP contribution in [0, 0.1) is 0 Å². The van der Waals surface area contributed by atoms with Crippen LogP contribution in [0.5, 0.6) is 5.75 Å². The fourth-order valence-electron chi connectivity index (χ4n) is 2.95. The number of carbonyl (C=O) groups is 3. The molecule has 0 aliphatic rings. The minimum Gasteiger partial charge on any atom is -0.484 e. The van der Waals surface area contributed by atoms with Crippen molar-refractivity contribution >= 4 is 24.0 Å². The monoisotopic (exact) mass is 404 g/mol. The number of ether oxygens (including phenoxy) is 1. The number of anilines is 1. The van der Waals surface area contributed by atoms with E-state index in [9.17, 15) is 19.5 Å². The number of rotatable bonds is 8. The van der Waals surface area contributed by atoms with Gasteiger partial charge in [0, 0.05) is 11.3 Å². The highest BCUT2D eigenvalue weighted by Gasteiger charge is 2.17. The quantitative estimate of drug-likeness (QED) is 0.494. The van der Waals surface area contributed by atoms with Crippen LogP contribution < -0.4 is 15.4 Å². The van der Waals surface area contributed by atoms with Crippen LogP contribution in [-0.2, 0) is 4.79 Å². The summed E-state index contributed by atoms with van der Waals surface area (Å²) in [6.45, 7) is -0.239. The van der Waals surface area contributed by atoms with Crippen molar-refractivity contribution in [3.05, 3.63) is 95.6 Å². The van der Waals surface area contributed by atoms with Crippen LogP contribution in [0.4, 0.5) is 10.5 Å². The van der Waals surface area contributed by atoms with E-state index >= 15 is 0 Å². The third kappa shape index (κ3) is 5.68. The highest BCUT2D eigenvalue weighted by atomic mass is 16.5. The van der Waals surface area contributed by atoms with Gasteiger partial charge in [-0.15, -0.1) is 0 Å². The Labute approximate surface area is 173 Å². The molecule has 0 saturated heterocycles. The predicted octanol–water partition coefficient (Wildman–Crippen LogP) is 3.87. The Hall–Kier alpha value is -4.13. The van der Waals surface area contributed by atoms with Gasteiger partial charge >= 0.3 is 6.09 Å². The number of carbonyl (C=O) groups excluding carboxylic acids is 2. The minimum atomic E-state index is -1.15. The fourth-order valence-corrected chi connectivity index (χ4v) is 2.95. The molecule has 0 unspecified atom stereocenters. The van der Waals surface area contributed by atoms with Crippen molar-refractivity contribution < 1.29 is 24.2 Å². The SMILES string of the molecule is O=Cc1cccc(NC(=O)COc2cccc([C@@H](NC(=O)O)c3ccccc3)c2)c1. The molecular formula is C23H20N2O5. The number of benzene rings is 3. The van der Waals surface area contributed by atoms with Crippen molar-refractivity contribution in [3.8, 4) is 5.75 Å². The summed E-state index contributed by atoms with van der Waals surface area (Å²) in [6, 6.07) is 22.0. The van der Waals surface area contributed by atoms with Crippen LogP contribution in [0.25, 0.3) is 0 Å². The third-order valence-corrected chi connectivity index (χ3v) is 4.27. The minimum absolute atomic E-state index is 0.239. The lowest BCUT2D eigenvalue weighted by Gasteiger charge is -2.19. The first-order valence-electron chi connectivity index (χ1n) is 9.17. The second-order valence-corrected chi connectivity index (χ2v) is 6.45. The molecular weight excluding hydrogens is 384 g/mol. The zero-order valence-corrected chi connectivity index (χ0v) is 15.9. The summed E-state index contributed by atoms with van der Waals surface area (Å²) in [4.78, 5) is 34.2. The maximum absolute atomic E-state index is 12.2. The van der Waals surface area contributed by atoms with Gasteiger partial charge in [-0.3, -0.25) is 9.59 Å². The van der Waals surface area contributed by atoms with Crippen molar-refractivity contribution in [3.63, 3.8) is 0 Å². The molecule has 3 aromatic carbocycles. The van der Waals surface area contributed by atoms with Crippen LogP contribution in [-0.4, -0.2) is 30.0 Å². The highest BCUT2D eigenvalue weighted by Crippen LogP contribution is 2.25. The molecule has 0 fully saturated rings. The average molecular weight is 404 g/mol. The van der Waals surface area contributed by atoms with Gasteiger partial charge in [-0.2, -0.15) is 0 Å². The summed E-state index contributed by atoms with van der Waals surface area (Å²) in [7, 11) is 0. The highest BCUT2D eigenvalue weighted by molar-refractivity contribution is 5.92. The van der Waals surface area contributed by atoms with Crippen LogP contribution in [0.2, 0.25) is 0 Å². The molecule has 0 spiro atoms. The van der Waals surface area contributed by atoms with Crippen LogP contribution in [0.1, 0.15) is 27.5 Å². The van der Waals surface area contributed by atoms with Crippen molar-refractivity contribution in [1.82, 2.24) is 5.32 Å². The second-order valence-electron chi connectivity index (χ2n) is 6.45. The largest absolute Gasteiger partial charge is 0.484 e. The summed E-state index contributed by atoms with van der Waals surface area (Å²) in [6.07, 6.45) is -0.446. The van der Waals surface area contributed by atoms with Gasteiger partial charge in [0.1, 0.15) is 12.0 Å². The van der Waals surface area contributed by atoms with E-state index in [0.717, 1.165) is 5.56 Å². The molecule has 7 nitrogen and oxygen atoms in total. The van der Waals surface area contributed by atoms with E-state index < -0.39 is 12.1 Å². The molecule has 0 radical (unpaired) electrons. The lowest BCUT2D eigenvalue weighted by molar-refractivity contribution is -0.118. The van der Waals surface area contributed by atoms with E-state index in [0.29, 0.717) is 28.8 Å². The molecule has 3 aromatic rings. The molecule has 0 aliphatic carbocycles. The van der Waals surface area contributed by atoms with Crippen molar-refractivity contribution in [1.29, 1.82) is 0 Å². The number of amides is 2. The molecule has 0 bridgehead atoms. The van der Waals surface area contributed by atoms with Crippen LogP contribution >= 0.6 is 0 Å². The molecule has 1 atom stereocenters. The molecule has 3 rings (SSSR count). The molecule has 0 saturated carbocycles. The Morgan fingerprint density at radius 2 is 1.67 bits per heavy atom. The zero-order chi connectivity index (χ0) is 21.3. The van der Waals surface area contributed by atoms with Crippen molar-refractivity contribution in [2.45, 2.75) is 6.04 Å². The van der Waals surface area contributed by atoms with E-state index in [1.54, 1.807) is 48.5 Å². The van der Waals surface area contributed by atoms with Gasteiger partial charge in [0.05, 0.1) is 6.04 Å². The third-order valence-electron chi connectivity index (χ3n) is 4.27. The van der Waals surface area contributed by atoms with E-state index in [-0.39, 0.29) is 12.5 Å². The van der Waals surface area contributed by atoms with Gasteiger partial charge in [0.2, 0.25) is 0 Å². The molecule has 30 heavy (non-hydrogen) atoms. The first kappa shape index (κ1) is 20.6. The van der Waals surface area contributed by atoms with Crippen LogP contribution in [0.15, 0.2) is 78.9 Å². The first-order valence-corrected chi connectivity index (χ1v) is 9.17. The number of carboxylic acid groups (broad SMARTS) is 1. The van der Waals surface area contributed by atoms with Gasteiger partial charge in [-0.25, -0.2) is 4.79 Å².